The molecular formula is C7H15ClN2. The van der Waals surface area contributed by atoms with Crippen molar-refractivity contribution in [2.45, 2.75) is 20.8 Å². The SMILES string of the molecule is CC.CN/C=C(/C)C(=N)Cl. The van der Waals surface area contributed by atoms with Crippen LogP contribution in [0.5, 0.6) is 0 Å². The van der Waals surface area contributed by atoms with Gasteiger partial charge in [0.05, 0.1) is 0 Å². The van der Waals surface area contributed by atoms with Crippen LogP contribution >= 0.6 is 11.6 Å². The maximum atomic E-state index is 6.86. The Bertz CT molecular complexity index is 119. The normalized spacial score (nSPS) is 9.50. The fraction of sp³-hybridized carbons (Fsp3) is 0.571. The summed E-state index contributed by atoms with van der Waals surface area (Å²) in [5.41, 5.74) is 0.745. The Hall–Kier alpha value is -0.500. The first-order chi connectivity index (χ1) is 4.68. The fourth-order valence-corrected chi connectivity index (χ4v) is 0.334. The minimum atomic E-state index is 0.0827. The van der Waals surface area contributed by atoms with Gasteiger partial charge in [0, 0.05) is 18.8 Å². The molecule has 0 saturated heterocycles. The van der Waals surface area contributed by atoms with Crippen molar-refractivity contribution in [3.8, 4) is 0 Å². The standard InChI is InChI=1S/C5H9ClN2.C2H6/c1-4(3-8-2)5(6)7;1-2/h3,7-8H,1-2H3;1-2H3/b4-3-,7-5?;. The molecule has 0 aliphatic carbocycles. The molecule has 0 atom stereocenters. The number of nitrogens with one attached hydrogen (secondary N) is 2. The highest BCUT2D eigenvalue weighted by atomic mass is 35.5. The molecule has 0 heterocycles. The molecule has 2 N–H and O–H groups in total. The summed E-state index contributed by atoms with van der Waals surface area (Å²) in [7, 11) is 1.77. The van der Waals surface area contributed by atoms with Crippen LogP contribution in [0.15, 0.2) is 11.8 Å². The molecular weight excluding hydrogens is 148 g/mol. The van der Waals surface area contributed by atoms with Gasteiger partial charge >= 0.3 is 0 Å². The first-order valence-corrected chi connectivity index (χ1v) is 3.64. The van der Waals surface area contributed by atoms with Crippen LogP contribution in [0.2, 0.25) is 0 Å². The van der Waals surface area contributed by atoms with E-state index in [0.29, 0.717) is 0 Å². The largest absolute Gasteiger partial charge is 0.394 e. The molecule has 0 bridgehead atoms. The van der Waals surface area contributed by atoms with E-state index in [1.54, 1.807) is 20.2 Å². The first-order valence-electron chi connectivity index (χ1n) is 3.27. The number of rotatable bonds is 2. The van der Waals surface area contributed by atoms with Crippen molar-refractivity contribution in [3.63, 3.8) is 0 Å². The molecule has 0 radical (unpaired) electrons. The summed E-state index contributed by atoms with van der Waals surface area (Å²) < 4.78 is 0. The summed E-state index contributed by atoms with van der Waals surface area (Å²) in [6.07, 6.45) is 1.68. The molecule has 0 unspecified atom stereocenters. The molecule has 2 nitrogen and oxygen atoms in total. The van der Waals surface area contributed by atoms with Crippen LogP contribution in [0.3, 0.4) is 0 Å². The molecule has 0 aromatic rings. The maximum absolute atomic E-state index is 6.86. The molecule has 0 aromatic carbocycles. The van der Waals surface area contributed by atoms with Crippen LogP contribution in [-0.2, 0) is 0 Å². The number of hydrogen-bond donors (Lipinski definition) is 2. The van der Waals surface area contributed by atoms with Gasteiger partial charge in [-0.15, -0.1) is 0 Å². The molecule has 0 aromatic heterocycles. The maximum Gasteiger partial charge on any atom is 0.125 e. The Morgan fingerprint density at radius 3 is 2.00 bits per heavy atom. The Morgan fingerprint density at radius 2 is 1.90 bits per heavy atom. The van der Waals surface area contributed by atoms with E-state index in [4.69, 9.17) is 17.0 Å². The van der Waals surface area contributed by atoms with E-state index in [1.165, 1.54) is 0 Å². The summed E-state index contributed by atoms with van der Waals surface area (Å²) in [6.45, 7) is 5.77. The van der Waals surface area contributed by atoms with Crippen molar-refractivity contribution >= 4 is 16.8 Å². The van der Waals surface area contributed by atoms with Gasteiger partial charge < -0.3 is 5.32 Å². The number of allylic oxidation sites excluding steroid dienone is 1. The number of halogens is 1. The predicted molar refractivity (Wildman–Crippen MR) is 47.7 cm³/mol. The average Bonchev–Trinajstić information content (AvgIpc) is 1.93. The van der Waals surface area contributed by atoms with E-state index in [2.05, 4.69) is 5.32 Å². The van der Waals surface area contributed by atoms with Crippen LogP contribution in [0, 0.1) is 5.41 Å². The van der Waals surface area contributed by atoms with E-state index in [0.717, 1.165) is 5.57 Å². The minimum Gasteiger partial charge on any atom is -0.394 e. The summed E-state index contributed by atoms with van der Waals surface area (Å²) in [5.74, 6) is 0. The molecule has 0 fully saturated rings. The van der Waals surface area contributed by atoms with E-state index < -0.39 is 0 Å². The average molecular weight is 163 g/mol. The smallest absolute Gasteiger partial charge is 0.125 e. The van der Waals surface area contributed by atoms with Crippen LogP contribution in [0.4, 0.5) is 0 Å². The van der Waals surface area contributed by atoms with Gasteiger partial charge in [0.2, 0.25) is 0 Å². The van der Waals surface area contributed by atoms with Crippen LogP contribution < -0.4 is 5.32 Å². The van der Waals surface area contributed by atoms with E-state index in [1.807, 2.05) is 13.8 Å². The topological polar surface area (TPSA) is 35.9 Å². The van der Waals surface area contributed by atoms with Crippen LogP contribution in [0.25, 0.3) is 0 Å². The number of hydrogen-bond acceptors (Lipinski definition) is 2. The van der Waals surface area contributed by atoms with Gasteiger partial charge in [0.15, 0.2) is 0 Å². The third-order valence-electron chi connectivity index (χ3n) is 0.707. The summed E-state index contributed by atoms with van der Waals surface area (Å²) >= 11 is 5.28. The lowest BCUT2D eigenvalue weighted by Crippen LogP contribution is -1.97. The van der Waals surface area contributed by atoms with Crippen LogP contribution in [0.1, 0.15) is 20.8 Å². The van der Waals surface area contributed by atoms with Gasteiger partial charge in [-0.2, -0.15) is 0 Å². The lowest BCUT2D eigenvalue weighted by molar-refractivity contribution is 1.09. The Balaban J connectivity index is 0. The van der Waals surface area contributed by atoms with Crippen molar-refractivity contribution in [2.75, 3.05) is 7.05 Å². The van der Waals surface area contributed by atoms with Crippen molar-refractivity contribution in [1.82, 2.24) is 5.32 Å². The second-order valence-corrected chi connectivity index (χ2v) is 1.81. The van der Waals surface area contributed by atoms with Gasteiger partial charge in [-0.25, -0.2) is 0 Å². The Labute approximate surface area is 67.8 Å². The van der Waals surface area contributed by atoms with E-state index in [9.17, 15) is 0 Å². The molecule has 3 heteroatoms. The van der Waals surface area contributed by atoms with Crippen molar-refractivity contribution in [1.29, 1.82) is 5.41 Å². The van der Waals surface area contributed by atoms with E-state index in [-0.39, 0.29) is 5.17 Å². The highest BCUT2D eigenvalue weighted by Crippen LogP contribution is 1.95. The second-order valence-electron chi connectivity index (χ2n) is 1.43. The third-order valence-corrected chi connectivity index (χ3v) is 1.01. The van der Waals surface area contributed by atoms with Crippen molar-refractivity contribution in [2.24, 2.45) is 0 Å². The van der Waals surface area contributed by atoms with Gasteiger partial charge in [-0.1, -0.05) is 25.4 Å². The van der Waals surface area contributed by atoms with Crippen molar-refractivity contribution < 1.29 is 0 Å². The quantitative estimate of drug-likeness (QED) is 0.601. The highest BCUT2D eigenvalue weighted by molar-refractivity contribution is 6.68. The zero-order chi connectivity index (χ0) is 8.57. The molecule has 0 aliphatic heterocycles. The minimum absolute atomic E-state index is 0.0827. The molecule has 10 heavy (non-hydrogen) atoms. The molecule has 0 amide bonds. The lowest BCUT2D eigenvalue weighted by atomic mass is 10.4. The predicted octanol–water partition coefficient (Wildman–Crippen LogP) is 2.35. The summed E-state index contributed by atoms with van der Waals surface area (Å²) in [4.78, 5) is 0. The van der Waals surface area contributed by atoms with Gasteiger partial charge in [0.1, 0.15) is 5.17 Å². The molecule has 0 rings (SSSR count). The molecule has 0 aliphatic rings. The monoisotopic (exact) mass is 162 g/mol. The lowest BCUT2D eigenvalue weighted by Gasteiger charge is -1.91. The Kier molecular flexibility index (Phi) is 10.4. The molecule has 0 spiro atoms. The second kappa shape index (κ2) is 8.50. The highest BCUT2D eigenvalue weighted by Gasteiger charge is 1.89. The van der Waals surface area contributed by atoms with Gasteiger partial charge in [0.25, 0.3) is 0 Å². The first kappa shape index (κ1) is 12.2. The van der Waals surface area contributed by atoms with Gasteiger partial charge in [-0.3, -0.25) is 5.41 Å². The molecule has 0 saturated carbocycles. The summed E-state index contributed by atoms with van der Waals surface area (Å²) in [5, 5.41) is 9.71. The fourth-order valence-electron chi connectivity index (χ4n) is 0.280. The zero-order valence-corrected chi connectivity index (χ0v) is 7.71. The third kappa shape index (κ3) is 7.50. The summed E-state index contributed by atoms with van der Waals surface area (Å²) in [6, 6.07) is 0. The van der Waals surface area contributed by atoms with Crippen LogP contribution in [-0.4, -0.2) is 12.2 Å². The Morgan fingerprint density at radius 1 is 1.50 bits per heavy atom. The van der Waals surface area contributed by atoms with Gasteiger partial charge in [-0.05, 0) is 6.92 Å². The van der Waals surface area contributed by atoms with Crippen molar-refractivity contribution in [3.05, 3.63) is 11.8 Å². The van der Waals surface area contributed by atoms with E-state index >= 15 is 0 Å². The zero-order valence-electron chi connectivity index (χ0n) is 6.96. The molecule has 60 valence electrons.